The van der Waals surface area contributed by atoms with E-state index < -0.39 is 0 Å². The van der Waals surface area contributed by atoms with E-state index in [1.54, 1.807) is 0 Å². The summed E-state index contributed by atoms with van der Waals surface area (Å²) < 4.78 is 21.3. The van der Waals surface area contributed by atoms with Crippen molar-refractivity contribution in [2.45, 2.75) is 32.7 Å². The van der Waals surface area contributed by atoms with Crippen LogP contribution in [0.4, 0.5) is 0 Å². The molecule has 4 heteroatoms. The molecule has 0 aromatic carbocycles. The van der Waals surface area contributed by atoms with Crippen LogP contribution in [0.2, 0.25) is 0 Å². The molecule has 0 unspecified atom stereocenters. The van der Waals surface area contributed by atoms with Gasteiger partial charge in [0.25, 0.3) is 0 Å². The number of hydrogen-bond acceptors (Lipinski definition) is 4. The summed E-state index contributed by atoms with van der Waals surface area (Å²) in [6, 6.07) is 0. The molecule has 1 aliphatic rings. The van der Waals surface area contributed by atoms with Crippen molar-refractivity contribution >= 4 is 0 Å². The molecule has 0 aromatic rings. The Morgan fingerprint density at radius 2 is 1.86 bits per heavy atom. The van der Waals surface area contributed by atoms with E-state index in [1.807, 2.05) is 13.8 Å². The van der Waals surface area contributed by atoms with Gasteiger partial charge in [0.15, 0.2) is 6.29 Å². The second-order valence-corrected chi connectivity index (χ2v) is 3.16. The van der Waals surface area contributed by atoms with Crippen molar-refractivity contribution in [3.8, 4) is 0 Å². The molecule has 1 rings (SSSR count). The van der Waals surface area contributed by atoms with Crippen molar-refractivity contribution in [3.63, 3.8) is 0 Å². The van der Waals surface area contributed by atoms with Gasteiger partial charge >= 0.3 is 0 Å². The third kappa shape index (κ3) is 4.37. The van der Waals surface area contributed by atoms with Crippen LogP contribution in [0, 0.1) is 0 Å². The molecule has 0 radical (unpaired) electrons. The molecule has 14 heavy (non-hydrogen) atoms. The van der Waals surface area contributed by atoms with Crippen molar-refractivity contribution < 1.29 is 18.9 Å². The molecule has 4 nitrogen and oxygen atoms in total. The highest BCUT2D eigenvalue weighted by Gasteiger charge is 2.19. The van der Waals surface area contributed by atoms with E-state index in [0.29, 0.717) is 25.9 Å². The van der Waals surface area contributed by atoms with E-state index in [9.17, 15) is 0 Å². The Bertz CT molecular complexity index is 130. The lowest BCUT2D eigenvalue weighted by molar-refractivity contribution is -0.168. The fourth-order valence-electron chi connectivity index (χ4n) is 1.23. The molecule has 1 fully saturated rings. The Morgan fingerprint density at radius 3 is 2.29 bits per heavy atom. The van der Waals surface area contributed by atoms with Crippen LogP contribution in [0.25, 0.3) is 0 Å². The summed E-state index contributed by atoms with van der Waals surface area (Å²) in [7, 11) is 0. The largest absolute Gasteiger partial charge is 0.376 e. The van der Waals surface area contributed by atoms with E-state index in [2.05, 4.69) is 0 Å². The smallest absolute Gasteiger partial charge is 0.159 e. The first-order valence-corrected chi connectivity index (χ1v) is 5.29. The fourth-order valence-corrected chi connectivity index (χ4v) is 1.23. The molecular formula is C10H20O4. The highest BCUT2D eigenvalue weighted by atomic mass is 16.7. The highest BCUT2D eigenvalue weighted by molar-refractivity contribution is 4.64. The maximum Gasteiger partial charge on any atom is 0.159 e. The maximum absolute atomic E-state index is 5.52. The van der Waals surface area contributed by atoms with E-state index >= 15 is 0 Å². The third-order valence-electron chi connectivity index (χ3n) is 2.02. The summed E-state index contributed by atoms with van der Waals surface area (Å²) in [5.74, 6) is 0. The van der Waals surface area contributed by atoms with Crippen LogP contribution >= 0.6 is 0 Å². The molecule has 0 aliphatic carbocycles. The second-order valence-electron chi connectivity index (χ2n) is 3.16. The Balaban J connectivity index is 1.99. The van der Waals surface area contributed by atoms with Crippen LogP contribution < -0.4 is 0 Å². The number of ether oxygens (including phenoxy) is 4. The zero-order valence-corrected chi connectivity index (χ0v) is 9.03. The molecular weight excluding hydrogens is 184 g/mol. The molecule has 0 amide bonds. The number of hydrogen-bond donors (Lipinski definition) is 0. The molecule has 1 heterocycles. The summed E-state index contributed by atoms with van der Waals surface area (Å²) in [5, 5.41) is 0. The summed E-state index contributed by atoms with van der Waals surface area (Å²) in [4.78, 5) is 0. The van der Waals surface area contributed by atoms with Crippen molar-refractivity contribution in [1.29, 1.82) is 0 Å². The third-order valence-corrected chi connectivity index (χ3v) is 2.02. The van der Waals surface area contributed by atoms with E-state index in [0.717, 1.165) is 19.6 Å². The Labute approximate surface area is 85.5 Å². The van der Waals surface area contributed by atoms with E-state index in [4.69, 9.17) is 18.9 Å². The highest BCUT2D eigenvalue weighted by Crippen LogP contribution is 2.08. The van der Waals surface area contributed by atoms with Crippen molar-refractivity contribution in [1.82, 2.24) is 0 Å². The van der Waals surface area contributed by atoms with Gasteiger partial charge in [-0.05, 0) is 13.8 Å². The normalized spacial score (nSPS) is 17.4. The van der Waals surface area contributed by atoms with Gasteiger partial charge in [0.05, 0.1) is 19.8 Å². The molecule has 1 aliphatic heterocycles. The van der Waals surface area contributed by atoms with Crippen LogP contribution in [0.1, 0.15) is 20.3 Å². The van der Waals surface area contributed by atoms with Gasteiger partial charge in [-0.15, -0.1) is 0 Å². The van der Waals surface area contributed by atoms with Crippen molar-refractivity contribution in [2.75, 3.05) is 33.0 Å². The maximum atomic E-state index is 5.52. The first-order valence-electron chi connectivity index (χ1n) is 5.29. The van der Waals surface area contributed by atoms with Gasteiger partial charge in [-0.2, -0.15) is 0 Å². The van der Waals surface area contributed by atoms with E-state index in [1.165, 1.54) is 0 Å². The molecule has 0 aromatic heterocycles. The van der Waals surface area contributed by atoms with Gasteiger partial charge in [0, 0.05) is 19.6 Å². The predicted octanol–water partition coefficient (Wildman–Crippen LogP) is 1.19. The molecule has 0 bridgehead atoms. The minimum Gasteiger partial charge on any atom is -0.376 e. The van der Waals surface area contributed by atoms with Gasteiger partial charge in [-0.25, -0.2) is 0 Å². The summed E-state index contributed by atoms with van der Waals surface area (Å²) in [6.07, 6.45) is 0.961. The SMILES string of the molecule is CCOC(CCOC1COC1)OCC. The lowest BCUT2D eigenvalue weighted by Crippen LogP contribution is -2.36. The standard InChI is InChI=1S/C10H20O4/c1-3-12-10(13-4-2)5-6-14-9-7-11-8-9/h9-10H,3-8H2,1-2H3. The molecule has 1 saturated heterocycles. The Kier molecular flexibility index (Phi) is 6.10. The molecule has 0 saturated carbocycles. The minimum absolute atomic E-state index is 0.119. The molecule has 0 spiro atoms. The quantitative estimate of drug-likeness (QED) is 0.556. The average Bonchev–Trinajstić information content (AvgIpc) is 2.10. The zero-order valence-electron chi connectivity index (χ0n) is 9.03. The van der Waals surface area contributed by atoms with Crippen LogP contribution in [0.3, 0.4) is 0 Å². The van der Waals surface area contributed by atoms with Crippen molar-refractivity contribution in [3.05, 3.63) is 0 Å². The minimum atomic E-state index is -0.119. The lowest BCUT2D eigenvalue weighted by atomic mass is 10.3. The van der Waals surface area contributed by atoms with Crippen LogP contribution in [-0.2, 0) is 18.9 Å². The van der Waals surface area contributed by atoms with Crippen LogP contribution in [-0.4, -0.2) is 45.4 Å². The summed E-state index contributed by atoms with van der Waals surface area (Å²) in [5.41, 5.74) is 0. The number of rotatable bonds is 8. The Morgan fingerprint density at radius 1 is 1.21 bits per heavy atom. The van der Waals surface area contributed by atoms with Gasteiger partial charge < -0.3 is 18.9 Å². The van der Waals surface area contributed by atoms with Gasteiger partial charge in [0.1, 0.15) is 6.10 Å². The van der Waals surface area contributed by atoms with Crippen molar-refractivity contribution in [2.24, 2.45) is 0 Å². The van der Waals surface area contributed by atoms with E-state index in [-0.39, 0.29) is 6.29 Å². The summed E-state index contributed by atoms with van der Waals surface area (Å²) in [6.45, 7) is 7.42. The van der Waals surface area contributed by atoms with Gasteiger partial charge in [0.2, 0.25) is 0 Å². The van der Waals surface area contributed by atoms with Crippen LogP contribution in [0.15, 0.2) is 0 Å². The van der Waals surface area contributed by atoms with Gasteiger partial charge in [-0.1, -0.05) is 0 Å². The predicted molar refractivity (Wildman–Crippen MR) is 52.2 cm³/mol. The topological polar surface area (TPSA) is 36.9 Å². The fraction of sp³-hybridized carbons (Fsp3) is 1.00. The van der Waals surface area contributed by atoms with Gasteiger partial charge in [-0.3, -0.25) is 0 Å². The molecule has 0 N–H and O–H groups in total. The zero-order chi connectivity index (χ0) is 10.2. The Hall–Kier alpha value is -0.160. The summed E-state index contributed by atoms with van der Waals surface area (Å²) >= 11 is 0. The average molecular weight is 204 g/mol. The monoisotopic (exact) mass is 204 g/mol. The molecule has 84 valence electrons. The second kappa shape index (κ2) is 7.17. The van der Waals surface area contributed by atoms with Crippen LogP contribution in [0.5, 0.6) is 0 Å². The lowest BCUT2D eigenvalue weighted by Gasteiger charge is -2.26. The first kappa shape index (κ1) is 11.9. The first-order chi connectivity index (χ1) is 6.86. The molecule has 0 atom stereocenters.